The molecule has 0 aliphatic heterocycles. The number of hydrogen-bond acceptors (Lipinski definition) is 2. The van der Waals surface area contributed by atoms with Crippen molar-refractivity contribution < 1.29 is 9.90 Å². The minimum absolute atomic E-state index is 0.114. The standard InChI is InChI=1S/C21H32O2/c1-4-21(23)10-8-18-19-13(2)11-14-12-15(22)5-6-16(14)17(19)7-9-20(18,21)3/h12-13,16-19,23H,4-11H2,1-3H3/t13-,16?,17?,18?,19?,20+,21+/m1/s1. The predicted molar refractivity (Wildman–Crippen MR) is 91.9 cm³/mol. The Morgan fingerprint density at radius 3 is 2.78 bits per heavy atom. The lowest BCUT2D eigenvalue weighted by Gasteiger charge is -2.57. The molecular formula is C21H32O2. The van der Waals surface area contributed by atoms with Gasteiger partial charge in [-0.3, -0.25) is 4.79 Å². The van der Waals surface area contributed by atoms with E-state index in [1.54, 1.807) is 0 Å². The highest BCUT2D eigenvalue weighted by Crippen LogP contribution is 2.66. The first kappa shape index (κ1) is 15.9. The van der Waals surface area contributed by atoms with Crippen LogP contribution in [-0.4, -0.2) is 16.5 Å². The van der Waals surface area contributed by atoms with E-state index in [1.807, 2.05) is 6.08 Å². The molecule has 0 radical (unpaired) electrons. The van der Waals surface area contributed by atoms with E-state index < -0.39 is 5.60 Å². The van der Waals surface area contributed by atoms with Crippen molar-refractivity contribution >= 4 is 5.78 Å². The molecule has 0 heterocycles. The predicted octanol–water partition coefficient (Wildman–Crippen LogP) is 4.52. The molecule has 4 rings (SSSR count). The fraction of sp³-hybridized carbons (Fsp3) is 0.857. The van der Waals surface area contributed by atoms with Crippen LogP contribution in [0.5, 0.6) is 0 Å². The molecule has 4 aliphatic rings. The van der Waals surface area contributed by atoms with Gasteiger partial charge in [-0.25, -0.2) is 0 Å². The SMILES string of the molecule is CC[C@]1(O)CCC2C3C(CC[C@@]21C)C1CCC(=O)C=C1C[C@H]3C. The van der Waals surface area contributed by atoms with Gasteiger partial charge in [0.1, 0.15) is 0 Å². The first-order chi connectivity index (χ1) is 10.9. The fourth-order valence-corrected chi connectivity index (χ4v) is 7.28. The molecule has 23 heavy (non-hydrogen) atoms. The lowest BCUT2D eigenvalue weighted by Crippen LogP contribution is -2.54. The van der Waals surface area contributed by atoms with Crippen LogP contribution in [-0.2, 0) is 4.79 Å². The second kappa shape index (κ2) is 5.18. The Kier molecular flexibility index (Phi) is 3.58. The van der Waals surface area contributed by atoms with Crippen molar-refractivity contribution in [1.29, 1.82) is 0 Å². The van der Waals surface area contributed by atoms with Crippen LogP contribution in [0.3, 0.4) is 0 Å². The average molecular weight is 316 g/mol. The zero-order chi connectivity index (χ0) is 16.4. The summed E-state index contributed by atoms with van der Waals surface area (Å²) in [5, 5.41) is 11.2. The molecule has 0 aromatic rings. The summed E-state index contributed by atoms with van der Waals surface area (Å²) in [6.07, 6.45) is 10.5. The van der Waals surface area contributed by atoms with Gasteiger partial charge in [0.15, 0.2) is 5.78 Å². The first-order valence-corrected chi connectivity index (χ1v) is 9.85. The number of allylic oxidation sites excluding steroid dienone is 1. The van der Waals surface area contributed by atoms with E-state index in [9.17, 15) is 9.90 Å². The molecule has 0 aromatic heterocycles. The van der Waals surface area contributed by atoms with Crippen molar-refractivity contribution in [3.8, 4) is 0 Å². The van der Waals surface area contributed by atoms with Crippen molar-refractivity contribution in [2.24, 2.45) is 35.0 Å². The third kappa shape index (κ3) is 2.06. The molecule has 3 fully saturated rings. The molecule has 2 heteroatoms. The maximum atomic E-state index is 11.8. The Balaban J connectivity index is 1.68. The van der Waals surface area contributed by atoms with Gasteiger partial charge in [0.05, 0.1) is 5.60 Å². The summed E-state index contributed by atoms with van der Waals surface area (Å²) in [6, 6.07) is 0. The quantitative estimate of drug-likeness (QED) is 0.772. The number of rotatable bonds is 1. The molecule has 4 aliphatic carbocycles. The largest absolute Gasteiger partial charge is 0.389 e. The van der Waals surface area contributed by atoms with Crippen molar-refractivity contribution in [2.45, 2.75) is 77.7 Å². The zero-order valence-electron chi connectivity index (χ0n) is 15.0. The highest BCUT2D eigenvalue weighted by atomic mass is 16.3. The first-order valence-electron chi connectivity index (χ1n) is 9.85. The second-order valence-corrected chi connectivity index (χ2v) is 9.24. The summed E-state index contributed by atoms with van der Waals surface area (Å²) in [5.41, 5.74) is 1.13. The van der Waals surface area contributed by atoms with Crippen LogP contribution in [0.2, 0.25) is 0 Å². The van der Waals surface area contributed by atoms with Crippen LogP contribution < -0.4 is 0 Å². The van der Waals surface area contributed by atoms with Crippen molar-refractivity contribution in [3.63, 3.8) is 0 Å². The molecule has 2 nitrogen and oxygen atoms in total. The topological polar surface area (TPSA) is 37.3 Å². The summed E-state index contributed by atoms with van der Waals surface area (Å²) >= 11 is 0. The highest BCUT2D eigenvalue weighted by molar-refractivity contribution is 5.91. The summed E-state index contributed by atoms with van der Waals surface area (Å²) < 4.78 is 0. The molecule has 0 bridgehead atoms. The van der Waals surface area contributed by atoms with E-state index in [-0.39, 0.29) is 5.41 Å². The summed E-state index contributed by atoms with van der Waals surface area (Å²) in [6.45, 7) is 6.95. The Bertz CT molecular complexity index is 550. The minimum atomic E-state index is -0.443. The average Bonchev–Trinajstić information content (AvgIpc) is 2.79. The van der Waals surface area contributed by atoms with Gasteiger partial charge in [-0.1, -0.05) is 26.3 Å². The molecule has 0 amide bonds. The Morgan fingerprint density at radius 2 is 2.04 bits per heavy atom. The molecule has 7 atom stereocenters. The lowest BCUT2D eigenvalue weighted by molar-refractivity contribution is -0.129. The van der Waals surface area contributed by atoms with Gasteiger partial charge in [-0.2, -0.15) is 0 Å². The number of hydrogen-bond donors (Lipinski definition) is 1. The van der Waals surface area contributed by atoms with E-state index in [2.05, 4.69) is 20.8 Å². The number of aliphatic hydroxyl groups is 1. The van der Waals surface area contributed by atoms with Gasteiger partial charge in [0.25, 0.3) is 0 Å². The molecule has 1 N–H and O–H groups in total. The van der Waals surface area contributed by atoms with E-state index in [1.165, 1.54) is 24.8 Å². The molecule has 4 unspecified atom stereocenters. The van der Waals surface area contributed by atoms with Crippen LogP contribution in [0.4, 0.5) is 0 Å². The Morgan fingerprint density at radius 1 is 1.26 bits per heavy atom. The number of carbonyl (C=O) groups is 1. The second-order valence-electron chi connectivity index (χ2n) is 9.24. The van der Waals surface area contributed by atoms with Crippen molar-refractivity contribution in [1.82, 2.24) is 0 Å². The molecule has 3 saturated carbocycles. The smallest absolute Gasteiger partial charge is 0.155 e. The summed E-state index contributed by atoms with van der Waals surface area (Å²) in [4.78, 5) is 11.8. The van der Waals surface area contributed by atoms with Gasteiger partial charge in [0, 0.05) is 6.42 Å². The maximum Gasteiger partial charge on any atom is 0.155 e. The van der Waals surface area contributed by atoms with Crippen molar-refractivity contribution in [2.75, 3.05) is 0 Å². The molecular weight excluding hydrogens is 284 g/mol. The van der Waals surface area contributed by atoms with E-state index in [0.29, 0.717) is 23.5 Å². The van der Waals surface area contributed by atoms with E-state index >= 15 is 0 Å². The van der Waals surface area contributed by atoms with Crippen molar-refractivity contribution in [3.05, 3.63) is 11.6 Å². The van der Waals surface area contributed by atoms with Crippen LogP contribution >= 0.6 is 0 Å². The van der Waals surface area contributed by atoms with Crippen LogP contribution in [0.25, 0.3) is 0 Å². The molecule has 0 spiro atoms. The molecule has 0 aromatic carbocycles. The van der Waals surface area contributed by atoms with Gasteiger partial charge in [-0.15, -0.1) is 0 Å². The summed E-state index contributed by atoms with van der Waals surface area (Å²) in [7, 11) is 0. The maximum absolute atomic E-state index is 11.8. The zero-order valence-corrected chi connectivity index (χ0v) is 15.0. The van der Waals surface area contributed by atoms with Crippen LogP contribution in [0.15, 0.2) is 11.6 Å². The monoisotopic (exact) mass is 316 g/mol. The fourth-order valence-electron chi connectivity index (χ4n) is 7.28. The van der Waals surface area contributed by atoms with Crippen LogP contribution in [0.1, 0.15) is 72.1 Å². The van der Waals surface area contributed by atoms with Gasteiger partial charge < -0.3 is 5.11 Å². The molecule has 0 saturated heterocycles. The minimum Gasteiger partial charge on any atom is -0.389 e. The Hall–Kier alpha value is -0.630. The summed E-state index contributed by atoms with van der Waals surface area (Å²) in [5.74, 6) is 3.87. The normalized spacial score (nSPS) is 52.4. The number of carbonyl (C=O) groups excluding carboxylic acids is 1. The van der Waals surface area contributed by atoms with Gasteiger partial charge in [-0.05, 0) is 86.0 Å². The van der Waals surface area contributed by atoms with Crippen LogP contribution in [0, 0.1) is 35.0 Å². The van der Waals surface area contributed by atoms with Gasteiger partial charge in [0.2, 0.25) is 0 Å². The van der Waals surface area contributed by atoms with E-state index in [0.717, 1.165) is 43.9 Å². The lowest BCUT2D eigenvalue weighted by atomic mass is 9.48. The van der Waals surface area contributed by atoms with Gasteiger partial charge >= 0.3 is 0 Å². The number of ketones is 1. The third-order valence-corrected chi connectivity index (χ3v) is 8.55. The highest BCUT2D eigenvalue weighted by Gasteiger charge is 2.62. The van der Waals surface area contributed by atoms with E-state index in [4.69, 9.17) is 0 Å². The third-order valence-electron chi connectivity index (χ3n) is 8.55. The number of fused-ring (bicyclic) bond motifs is 5. The Labute approximate surface area is 140 Å². The molecule has 128 valence electrons.